The van der Waals surface area contributed by atoms with E-state index < -0.39 is 5.97 Å². The fraction of sp³-hybridized carbons (Fsp3) is 0.0952. The molecule has 0 radical (unpaired) electrons. The van der Waals surface area contributed by atoms with E-state index in [1.54, 1.807) is 0 Å². The summed E-state index contributed by atoms with van der Waals surface area (Å²) in [4.78, 5) is 11.4. The fourth-order valence-corrected chi connectivity index (χ4v) is 2.77. The highest BCUT2D eigenvalue weighted by Gasteiger charge is 2.17. The lowest BCUT2D eigenvalue weighted by Gasteiger charge is -2.16. The van der Waals surface area contributed by atoms with E-state index in [9.17, 15) is 9.90 Å². The van der Waals surface area contributed by atoms with Crippen LogP contribution in [0.5, 0.6) is 11.5 Å². The largest absolute Gasteiger partial charge is 0.478 e. The highest BCUT2D eigenvalue weighted by molar-refractivity contribution is 5.94. The quantitative estimate of drug-likeness (QED) is 0.645. The van der Waals surface area contributed by atoms with Crippen LogP contribution in [-0.2, 0) is 6.42 Å². The van der Waals surface area contributed by atoms with Crippen molar-refractivity contribution in [2.45, 2.75) is 13.3 Å². The van der Waals surface area contributed by atoms with Crippen LogP contribution in [0.25, 0.3) is 11.1 Å². The summed E-state index contributed by atoms with van der Waals surface area (Å²) in [6, 6.07) is 20.3. The molecule has 3 N–H and O–H groups in total. The van der Waals surface area contributed by atoms with Gasteiger partial charge < -0.3 is 15.6 Å². The summed E-state index contributed by atoms with van der Waals surface area (Å²) < 4.78 is 6.11. The van der Waals surface area contributed by atoms with Gasteiger partial charge in [0.05, 0.1) is 5.56 Å². The highest BCUT2D eigenvalue weighted by Crippen LogP contribution is 2.39. The number of carbonyl (C=O) groups is 1. The van der Waals surface area contributed by atoms with E-state index in [1.807, 2.05) is 61.5 Å². The second-order valence-electron chi connectivity index (χ2n) is 5.67. The van der Waals surface area contributed by atoms with Gasteiger partial charge in [0.2, 0.25) is 0 Å². The van der Waals surface area contributed by atoms with Crippen LogP contribution in [0.2, 0.25) is 0 Å². The molecule has 0 saturated heterocycles. The van der Waals surface area contributed by atoms with E-state index in [0.29, 0.717) is 22.7 Å². The molecule has 0 unspecified atom stereocenters. The van der Waals surface area contributed by atoms with Gasteiger partial charge in [0, 0.05) is 11.3 Å². The van der Waals surface area contributed by atoms with E-state index >= 15 is 0 Å². The van der Waals surface area contributed by atoms with Gasteiger partial charge in [0.25, 0.3) is 0 Å². The highest BCUT2D eigenvalue weighted by atomic mass is 16.5. The first-order valence-electron chi connectivity index (χ1n) is 8.08. The van der Waals surface area contributed by atoms with E-state index in [4.69, 9.17) is 10.5 Å². The lowest BCUT2D eigenvalue weighted by atomic mass is 10.00. The number of nitrogen functional groups attached to an aromatic ring is 1. The second kappa shape index (κ2) is 7.09. The maximum Gasteiger partial charge on any atom is 0.335 e. The molecule has 0 fully saturated rings. The molecule has 4 nitrogen and oxygen atoms in total. The number of carboxylic acid groups (broad SMARTS) is 1. The van der Waals surface area contributed by atoms with Crippen molar-refractivity contribution in [2.75, 3.05) is 5.73 Å². The minimum absolute atomic E-state index is 0.0983. The van der Waals surface area contributed by atoms with E-state index in [2.05, 4.69) is 0 Å². The molecular weight excluding hydrogens is 314 g/mol. The van der Waals surface area contributed by atoms with Crippen molar-refractivity contribution < 1.29 is 14.6 Å². The monoisotopic (exact) mass is 333 g/mol. The number of ether oxygens (including phenoxy) is 1. The van der Waals surface area contributed by atoms with Gasteiger partial charge in [-0.15, -0.1) is 0 Å². The molecular formula is C21H19NO3. The molecule has 3 aromatic carbocycles. The summed E-state index contributed by atoms with van der Waals surface area (Å²) in [7, 11) is 0. The molecule has 0 aliphatic rings. The van der Waals surface area contributed by atoms with E-state index in [0.717, 1.165) is 17.5 Å². The molecule has 126 valence electrons. The van der Waals surface area contributed by atoms with Gasteiger partial charge in [-0.3, -0.25) is 0 Å². The summed E-state index contributed by atoms with van der Waals surface area (Å²) in [6.07, 6.45) is 0.810. The lowest BCUT2D eigenvalue weighted by Crippen LogP contribution is -2.02. The number of nitrogens with two attached hydrogens (primary N) is 1. The Morgan fingerprint density at radius 2 is 1.68 bits per heavy atom. The zero-order valence-corrected chi connectivity index (χ0v) is 13.9. The average Bonchev–Trinajstić information content (AvgIpc) is 2.62. The van der Waals surface area contributed by atoms with Crippen LogP contribution in [0.4, 0.5) is 5.69 Å². The second-order valence-corrected chi connectivity index (χ2v) is 5.67. The van der Waals surface area contributed by atoms with Crippen LogP contribution < -0.4 is 10.5 Å². The average molecular weight is 333 g/mol. The summed E-state index contributed by atoms with van der Waals surface area (Å²) in [6.45, 7) is 2.04. The van der Waals surface area contributed by atoms with Crippen LogP contribution in [0.15, 0.2) is 66.7 Å². The van der Waals surface area contributed by atoms with Gasteiger partial charge in [0.15, 0.2) is 0 Å². The van der Waals surface area contributed by atoms with Crippen molar-refractivity contribution >= 4 is 11.7 Å². The zero-order chi connectivity index (χ0) is 17.8. The standard InChI is InChI=1S/C21H19NO3/c1-2-14-8-6-7-11-18(14)25-19-13-16(21(23)24)12-17(22)20(19)15-9-4-3-5-10-15/h3-13H,2,22H2,1H3,(H,23,24). The van der Waals surface area contributed by atoms with Crippen LogP contribution >= 0.6 is 0 Å². The first-order valence-corrected chi connectivity index (χ1v) is 8.08. The molecule has 25 heavy (non-hydrogen) atoms. The lowest BCUT2D eigenvalue weighted by molar-refractivity contribution is 0.0696. The van der Waals surface area contributed by atoms with Crippen LogP contribution in [0, 0.1) is 0 Å². The maximum atomic E-state index is 11.4. The fourth-order valence-electron chi connectivity index (χ4n) is 2.77. The SMILES string of the molecule is CCc1ccccc1Oc1cc(C(=O)O)cc(N)c1-c1ccccc1. The van der Waals surface area contributed by atoms with Crippen molar-refractivity contribution in [2.24, 2.45) is 0 Å². The Morgan fingerprint density at radius 3 is 2.36 bits per heavy atom. The molecule has 0 bridgehead atoms. The number of aromatic carboxylic acids is 1. The van der Waals surface area contributed by atoms with Crippen LogP contribution in [-0.4, -0.2) is 11.1 Å². The van der Waals surface area contributed by atoms with Crippen molar-refractivity contribution in [1.29, 1.82) is 0 Å². The van der Waals surface area contributed by atoms with Gasteiger partial charge in [0.1, 0.15) is 11.5 Å². The molecule has 0 aliphatic carbocycles. The van der Waals surface area contributed by atoms with Crippen molar-refractivity contribution in [3.63, 3.8) is 0 Å². The maximum absolute atomic E-state index is 11.4. The molecule has 3 aromatic rings. The Bertz CT molecular complexity index is 904. The van der Waals surface area contributed by atoms with Crippen molar-refractivity contribution in [1.82, 2.24) is 0 Å². The summed E-state index contributed by atoms with van der Waals surface area (Å²) in [5, 5.41) is 9.35. The number of para-hydroxylation sites is 1. The number of carboxylic acids is 1. The van der Waals surface area contributed by atoms with E-state index in [1.165, 1.54) is 12.1 Å². The molecule has 0 atom stereocenters. The third-order valence-corrected chi connectivity index (χ3v) is 4.02. The Morgan fingerprint density at radius 1 is 1.00 bits per heavy atom. The molecule has 4 heteroatoms. The van der Waals surface area contributed by atoms with Gasteiger partial charge in [-0.25, -0.2) is 4.79 Å². The predicted molar refractivity (Wildman–Crippen MR) is 99.1 cm³/mol. The van der Waals surface area contributed by atoms with Crippen molar-refractivity contribution in [3.8, 4) is 22.6 Å². The molecule has 0 spiro atoms. The zero-order valence-electron chi connectivity index (χ0n) is 13.9. The molecule has 0 amide bonds. The molecule has 0 aromatic heterocycles. The summed E-state index contributed by atoms with van der Waals surface area (Å²) in [5.74, 6) is 0.0913. The first-order chi connectivity index (χ1) is 12.1. The van der Waals surface area contributed by atoms with Gasteiger partial charge in [-0.1, -0.05) is 55.5 Å². The Balaban J connectivity index is 2.17. The number of hydrogen-bond acceptors (Lipinski definition) is 3. The minimum Gasteiger partial charge on any atom is -0.478 e. The number of anilines is 1. The van der Waals surface area contributed by atoms with Gasteiger partial charge in [-0.2, -0.15) is 0 Å². The Hall–Kier alpha value is -3.27. The number of hydrogen-bond donors (Lipinski definition) is 2. The first kappa shape index (κ1) is 16.6. The number of rotatable bonds is 5. The Labute approximate surface area is 146 Å². The number of aryl methyl sites for hydroxylation is 1. The summed E-state index contributed by atoms with van der Waals surface area (Å²) >= 11 is 0. The number of benzene rings is 3. The van der Waals surface area contributed by atoms with Crippen LogP contribution in [0.1, 0.15) is 22.8 Å². The molecule has 3 rings (SSSR count). The molecule has 0 saturated carbocycles. The minimum atomic E-state index is -1.04. The predicted octanol–water partition coefficient (Wildman–Crippen LogP) is 4.99. The third kappa shape index (κ3) is 3.48. The Kier molecular flexibility index (Phi) is 4.70. The summed E-state index contributed by atoms with van der Waals surface area (Å²) in [5.41, 5.74) is 9.25. The molecule has 0 aliphatic heterocycles. The topological polar surface area (TPSA) is 72.5 Å². The molecule has 0 heterocycles. The normalized spacial score (nSPS) is 10.4. The van der Waals surface area contributed by atoms with Crippen molar-refractivity contribution in [3.05, 3.63) is 77.9 Å². The smallest absolute Gasteiger partial charge is 0.335 e. The van der Waals surface area contributed by atoms with Gasteiger partial charge in [-0.05, 0) is 35.7 Å². The third-order valence-electron chi connectivity index (χ3n) is 4.02. The van der Waals surface area contributed by atoms with Crippen LogP contribution in [0.3, 0.4) is 0 Å². The van der Waals surface area contributed by atoms with Gasteiger partial charge >= 0.3 is 5.97 Å². The van der Waals surface area contributed by atoms with E-state index in [-0.39, 0.29) is 5.56 Å².